The molecule has 0 atom stereocenters. The third-order valence-corrected chi connectivity index (χ3v) is 4.27. The van der Waals surface area contributed by atoms with Crippen LogP contribution in [0.25, 0.3) is 10.9 Å². The molecule has 0 aliphatic carbocycles. The topological polar surface area (TPSA) is 62.0 Å². The van der Waals surface area contributed by atoms with Crippen LogP contribution >= 0.6 is 15.9 Å². The fraction of sp³-hybridized carbons (Fsp3) is 0.111. The van der Waals surface area contributed by atoms with Gasteiger partial charge in [0, 0.05) is 33.2 Å². The minimum absolute atomic E-state index is 0.0583. The van der Waals surface area contributed by atoms with Crippen molar-refractivity contribution in [3.05, 3.63) is 69.6 Å². The molecular weight excluding hydrogens is 375 g/mol. The third-order valence-electron chi connectivity index (χ3n) is 3.77. The number of fused-ring (bicyclic) bond motifs is 1. The summed E-state index contributed by atoms with van der Waals surface area (Å²) in [5, 5.41) is 3.18. The van der Waals surface area contributed by atoms with Crippen LogP contribution in [0.4, 0.5) is 4.39 Å². The summed E-state index contributed by atoms with van der Waals surface area (Å²) >= 11 is 3.25. The van der Waals surface area contributed by atoms with Gasteiger partial charge in [0.25, 0.3) is 11.7 Å². The maximum absolute atomic E-state index is 13.7. The highest BCUT2D eigenvalue weighted by molar-refractivity contribution is 9.10. The van der Waals surface area contributed by atoms with Gasteiger partial charge in [-0.15, -0.1) is 0 Å². The summed E-state index contributed by atoms with van der Waals surface area (Å²) in [5.74, 6) is -1.84. The minimum atomic E-state index is -0.762. The summed E-state index contributed by atoms with van der Waals surface area (Å²) < 4.78 is 14.4. The molecule has 4 nitrogen and oxygen atoms in total. The smallest absolute Gasteiger partial charge is 0.292 e. The van der Waals surface area contributed by atoms with Crippen molar-refractivity contribution in [1.82, 2.24) is 10.3 Å². The van der Waals surface area contributed by atoms with Crippen molar-refractivity contribution in [2.75, 3.05) is 0 Å². The van der Waals surface area contributed by atoms with E-state index in [1.165, 1.54) is 6.07 Å². The van der Waals surface area contributed by atoms with Gasteiger partial charge in [-0.25, -0.2) is 4.39 Å². The Labute approximate surface area is 146 Å². The predicted octanol–water partition coefficient (Wildman–Crippen LogP) is 3.88. The molecule has 0 bridgehead atoms. The number of H-pyrrole nitrogens is 1. The number of Topliss-reactive ketones (excluding diaryl/α,β-unsaturated/α-hetero) is 1. The molecule has 0 unspecified atom stereocenters. The normalized spacial score (nSPS) is 10.8. The summed E-state index contributed by atoms with van der Waals surface area (Å²) in [6, 6.07) is 11.7. The van der Waals surface area contributed by atoms with Crippen molar-refractivity contribution in [2.45, 2.75) is 13.5 Å². The molecule has 0 radical (unpaired) electrons. The molecule has 1 heterocycles. The first kappa shape index (κ1) is 16.4. The molecule has 1 amide bonds. The average Bonchev–Trinajstić information content (AvgIpc) is 2.90. The van der Waals surface area contributed by atoms with Crippen molar-refractivity contribution < 1.29 is 14.0 Å². The van der Waals surface area contributed by atoms with Gasteiger partial charge >= 0.3 is 0 Å². The summed E-state index contributed by atoms with van der Waals surface area (Å²) in [7, 11) is 0. The Morgan fingerprint density at radius 2 is 1.96 bits per heavy atom. The number of aromatic nitrogens is 1. The second-order valence-electron chi connectivity index (χ2n) is 5.42. The van der Waals surface area contributed by atoms with Gasteiger partial charge < -0.3 is 10.3 Å². The lowest BCUT2D eigenvalue weighted by Crippen LogP contribution is -2.31. The SMILES string of the molecule is Cc1[nH]c2ccccc2c1C(=O)C(=O)NCc1cc(Br)ccc1F. The Morgan fingerprint density at radius 1 is 1.21 bits per heavy atom. The number of halogens is 2. The van der Waals surface area contributed by atoms with Crippen LogP contribution in [0, 0.1) is 12.7 Å². The van der Waals surface area contributed by atoms with Gasteiger partial charge in [-0.05, 0) is 31.2 Å². The lowest BCUT2D eigenvalue weighted by Gasteiger charge is -2.06. The molecule has 3 rings (SSSR count). The number of aromatic amines is 1. The number of rotatable bonds is 4. The molecule has 0 aliphatic rings. The fourth-order valence-corrected chi connectivity index (χ4v) is 3.03. The molecule has 0 saturated heterocycles. The molecule has 122 valence electrons. The van der Waals surface area contributed by atoms with Crippen LogP contribution in [0.1, 0.15) is 21.6 Å². The Balaban J connectivity index is 1.81. The van der Waals surface area contributed by atoms with E-state index in [1.807, 2.05) is 12.1 Å². The molecule has 2 N–H and O–H groups in total. The Bertz CT molecular complexity index is 949. The quantitative estimate of drug-likeness (QED) is 0.526. The molecule has 3 aromatic rings. The molecule has 24 heavy (non-hydrogen) atoms. The highest BCUT2D eigenvalue weighted by atomic mass is 79.9. The maximum atomic E-state index is 13.7. The minimum Gasteiger partial charge on any atom is -0.358 e. The van der Waals surface area contributed by atoms with E-state index < -0.39 is 17.5 Å². The van der Waals surface area contributed by atoms with Crippen molar-refractivity contribution in [3.8, 4) is 0 Å². The Hall–Kier alpha value is -2.47. The van der Waals surface area contributed by atoms with E-state index in [-0.39, 0.29) is 6.54 Å². The van der Waals surface area contributed by atoms with Crippen molar-refractivity contribution in [1.29, 1.82) is 0 Å². The van der Waals surface area contributed by atoms with E-state index >= 15 is 0 Å². The molecule has 0 fully saturated rings. The van der Waals surface area contributed by atoms with Crippen LogP contribution in [-0.2, 0) is 11.3 Å². The summed E-state index contributed by atoms with van der Waals surface area (Å²) in [4.78, 5) is 27.8. The second kappa shape index (κ2) is 6.57. The summed E-state index contributed by atoms with van der Waals surface area (Å²) in [6.45, 7) is 1.69. The molecular formula is C18H14BrFN2O2. The van der Waals surface area contributed by atoms with E-state index in [1.54, 1.807) is 31.2 Å². The van der Waals surface area contributed by atoms with Crippen LogP contribution in [0.5, 0.6) is 0 Å². The highest BCUT2D eigenvalue weighted by Crippen LogP contribution is 2.22. The first-order chi connectivity index (χ1) is 11.5. The van der Waals surface area contributed by atoms with E-state index in [4.69, 9.17) is 0 Å². The second-order valence-corrected chi connectivity index (χ2v) is 6.33. The van der Waals surface area contributed by atoms with E-state index in [0.29, 0.717) is 26.7 Å². The van der Waals surface area contributed by atoms with Gasteiger partial charge in [0.15, 0.2) is 0 Å². The molecule has 0 saturated carbocycles. The zero-order valence-corrected chi connectivity index (χ0v) is 14.4. The number of carbonyl (C=O) groups is 2. The van der Waals surface area contributed by atoms with Gasteiger partial charge in [0.1, 0.15) is 5.82 Å². The number of nitrogens with one attached hydrogen (secondary N) is 2. The van der Waals surface area contributed by atoms with Crippen molar-refractivity contribution >= 4 is 38.5 Å². The monoisotopic (exact) mass is 388 g/mol. The Morgan fingerprint density at radius 3 is 2.75 bits per heavy atom. The zero-order chi connectivity index (χ0) is 17.3. The predicted molar refractivity (Wildman–Crippen MR) is 93.3 cm³/mol. The number of ketones is 1. The van der Waals surface area contributed by atoms with E-state index in [2.05, 4.69) is 26.2 Å². The van der Waals surface area contributed by atoms with Crippen molar-refractivity contribution in [2.24, 2.45) is 0 Å². The molecule has 0 aliphatic heterocycles. The number of benzene rings is 2. The van der Waals surface area contributed by atoms with Gasteiger partial charge in [-0.2, -0.15) is 0 Å². The van der Waals surface area contributed by atoms with Crippen molar-refractivity contribution in [3.63, 3.8) is 0 Å². The highest BCUT2D eigenvalue weighted by Gasteiger charge is 2.22. The maximum Gasteiger partial charge on any atom is 0.292 e. The number of hydrogen-bond acceptors (Lipinski definition) is 2. The zero-order valence-electron chi connectivity index (χ0n) is 12.8. The van der Waals surface area contributed by atoms with Gasteiger partial charge in [0.05, 0.1) is 5.56 Å². The standard InChI is InChI=1S/C18H14BrFN2O2/c1-10-16(13-4-2-3-5-15(13)22-10)17(23)18(24)21-9-11-8-12(19)6-7-14(11)20/h2-8,22H,9H2,1H3,(H,21,24). The van der Waals surface area contributed by atoms with Crippen LogP contribution < -0.4 is 5.32 Å². The van der Waals surface area contributed by atoms with Crippen LogP contribution in [0.2, 0.25) is 0 Å². The van der Waals surface area contributed by atoms with E-state index in [0.717, 1.165) is 5.52 Å². The number of para-hydroxylation sites is 1. The van der Waals surface area contributed by atoms with Gasteiger partial charge in [-0.1, -0.05) is 34.1 Å². The number of aryl methyl sites for hydroxylation is 1. The van der Waals surface area contributed by atoms with Crippen LogP contribution in [0.15, 0.2) is 46.9 Å². The molecule has 2 aromatic carbocycles. The summed E-state index contributed by atoms with van der Waals surface area (Å²) in [6.07, 6.45) is 0. The Kier molecular flexibility index (Phi) is 4.49. The molecule has 1 aromatic heterocycles. The molecule has 6 heteroatoms. The average molecular weight is 389 g/mol. The van der Waals surface area contributed by atoms with E-state index in [9.17, 15) is 14.0 Å². The lowest BCUT2D eigenvalue weighted by atomic mass is 10.1. The first-order valence-electron chi connectivity index (χ1n) is 7.31. The molecule has 0 spiro atoms. The lowest BCUT2D eigenvalue weighted by molar-refractivity contribution is -0.117. The third kappa shape index (κ3) is 3.10. The van der Waals surface area contributed by atoms with Crippen LogP contribution in [-0.4, -0.2) is 16.7 Å². The number of hydrogen-bond donors (Lipinski definition) is 2. The summed E-state index contributed by atoms with van der Waals surface area (Å²) in [5.41, 5.74) is 2.08. The fourth-order valence-electron chi connectivity index (χ4n) is 2.62. The number of amides is 1. The largest absolute Gasteiger partial charge is 0.358 e. The number of carbonyl (C=O) groups excluding carboxylic acids is 2. The van der Waals surface area contributed by atoms with Gasteiger partial charge in [-0.3, -0.25) is 9.59 Å². The first-order valence-corrected chi connectivity index (χ1v) is 8.10. The van der Waals surface area contributed by atoms with Crippen LogP contribution in [0.3, 0.4) is 0 Å². The van der Waals surface area contributed by atoms with Gasteiger partial charge in [0.2, 0.25) is 0 Å².